The van der Waals surface area contributed by atoms with Crippen LogP contribution in [0, 0.1) is 5.92 Å². The van der Waals surface area contributed by atoms with Gasteiger partial charge in [-0.2, -0.15) is 0 Å². The van der Waals surface area contributed by atoms with E-state index in [9.17, 15) is 10.0 Å². The lowest BCUT2D eigenvalue weighted by molar-refractivity contribution is -0.238. The number of hydrogen-bond donors (Lipinski definition) is 0. The summed E-state index contributed by atoms with van der Waals surface area (Å²) in [7, 11) is 0. The molecule has 0 N–H and O–H groups in total. The summed E-state index contributed by atoms with van der Waals surface area (Å²) in [6, 6.07) is 0. The van der Waals surface area contributed by atoms with Crippen molar-refractivity contribution in [2.75, 3.05) is 0 Å². The van der Waals surface area contributed by atoms with Crippen LogP contribution in [0.25, 0.3) is 0 Å². The molecule has 1 radical (unpaired) electrons. The van der Waals surface area contributed by atoms with Gasteiger partial charge in [0.15, 0.2) is 5.78 Å². The van der Waals surface area contributed by atoms with Crippen LogP contribution in [0.2, 0.25) is 0 Å². The van der Waals surface area contributed by atoms with Crippen LogP contribution in [-0.2, 0) is 10.0 Å². The third kappa shape index (κ3) is 1.86. The normalized spacial score (nSPS) is 24.4. The lowest BCUT2D eigenvalue weighted by Crippen LogP contribution is -2.47. The molecular weight excluding hydrogens is 190 g/mol. The maximum atomic E-state index is 12.0. The summed E-state index contributed by atoms with van der Waals surface area (Å²) in [5.74, 6) is 0.0178. The fourth-order valence-electron chi connectivity index (χ4n) is 2.10. The second-order valence-electron chi connectivity index (χ2n) is 5.58. The predicted molar refractivity (Wildman–Crippen MR) is 58.6 cm³/mol. The zero-order valence-corrected chi connectivity index (χ0v) is 10.4. The number of Topliss-reactive ketones (excluding diaryl/α,β-unsaturated/α-hetero) is 1. The number of carbonyl (C=O) groups excluding carboxylic acids is 1. The number of carbonyl (C=O) groups is 1. The van der Waals surface area contributed by atoms with Gasteiger partial charge in [0.05, 0.1) is 11.1 Å². The minimum Gasteiger partial charge on any atom is -0.294 e. The number of nitrogens with zero attached hydrogens (tertiary/aromatic N) is 1. The Morgan fingerprint density at radius 3 is 2.00 bits per heavy atom. The van der Waals surface area contributed by atoms with E-state index >= 15 is 0 Å². The van der Waals surface area contributed by atoms with Crippen molar-refractivity contribution < 1.29 is 10.0 Å². The number of hydrogen-bond acceptors (Lipinski definition) is 2. The van der Waals surface area contributed by atoms with Gasteiger partial charge in [0.2, 0.25) is 0 Å². The van der Waals surface area contributed by atoms with Crippen molar-refractivity contribution in [3.63, 3.8) is 0 Å². The largest absolute Gasteiger partial charge is 0.294 e. The van der Waals surface area contributed by atoms with Crippen LogP contribution in [0.3, 0.4) is 0 Å². The van der Waals surface area contributed by atoms with Crippen LogP contribution < -0.4 is 0 Å². The topological polar surface area (TPSA) is 40.2 Å². The molecule has 0 atom stereocenters. The third-order valence-electron chi connectivity index (χ3n) is 2.98. The molecule has 85 valence electrons. The Labute approximate surface area is 91.7 Å². The molecule has 0 aromatic rings. The minimum absolute atomic E-state index is 0.0576. The molecule has 0 amide bonds. The molecule has 15 heavy (non-hydrogen) atoms. The maximum absolute atomic E-state index is 12.0. The van der Waals surface area contributed by atoms with E-state index in [2.05, 4.69) is 0 Å². The van der Waals surface area contributed by atoms with Crippen molar-refractivity contribution in [2.45, 2.75) is 52.6 Å². The summed E-state index contributed by atoms with van der Waals surface area (Å²) in [5.41, 5.74) is -0.633. The van der Waals surface area contributed by atoms with Crippen molar-refractivity contribution in [2.24, 2.45) is 5.92 Å². The predicted octanol–water partition coefficient (Wildman–Crippen LogP) is 2.36. The summed E-state index contributed by atoms with van der Waals surface area (Å²) >= 11 is 0. The Balaban J connectivity index is 3.15. The summed E-state index contributed by atoms with van der Waals surface area (Å²) in [6.07, 6.45) is 1.81. The van der Waals surface area contributed by atoms with Crippen LogP contribution >= 0.6 is 0 Å². The quantitative estimate of drug-likeness (QED) is 0.702. The van der Waals surface area contributed by atoms with Gasteiger partial charge in [0.1, 0.15) is 0 Å². The highest BCUT2D eigenvalue weighted by molar-refractivity contribution is 5.99. The van der Waals surface area contributed by atoms with Gasteiger partial charge in [-0.3, -0.25) is 4.79 Å². The Morgan fingerprint density at radius 2 is 1.73 bits per heavy atom. The van der Waals surface area contributed by atoms with Gasteiger partial charge in [-0.25, -0.2) is 0 Å². The standard InChI is InChI=1S/C12H20NO2/c1-8(2)10(14)9-7-11(3,4)13(15)12(9,5)6/h7-8H,1-6H3. The highest BCUT2D eigenvalue weighted by atomic mass is 16.5. The number of hydroxylamine groups is 2. The average Bonchev–Trinajstić information content (AvgIpc) is 2.25. The molecule has 3 nitrogen and oxygen atoms in total. The molecule has 0 spiro atoms. The van der Waals surface area contributed by atoms with E-state index in [0.717, 1.165) is 5.06 Å². The van der Waals surface area contributed by atoms with Gasteiger partial charge in [0, 0.05) is 11.5 Å². The number of rotatable bonds is 2. The smallest absolute Gasteiger partial charge is 0.163 e. The monoisotopic (exact) mass is 210 g/mol. The second kappa shape index (κ2) is 3.42. The maximum Gasteiger partial charge on any atom is 0.163 e. The van der Waals surface area contributed by atoms with Crippen molar-refractivity contribution >= 4 is 5.78 Å². The molecule has 0 fully saturated rings. The highest BCUT2D eigenvalue weighted by Gasteiger charge is 2.48. The van der Waals surface area contributed by atoms with E-state index < -0.39 is 11.1 Å². The van der Waals surface area contributed by atoms with Gasteiger partial charge in [-0.1, -0.05) is 19.9 Å². The van der Waals surface area contributed by atoms with E-state index in [1.165, 1.54) is 0 Å². The first-order chi connectivity index (χ1) is 6.60. The fourth-order valence-corrected chi connectivity index (χ4v) is 2.10. The zero-order chi connectivity index (χ0) is 12.0. The van der Waals surface area contributed by atoms with Crippen molar-refractivity contribution in [1.29, 1.82) is 0 Å². The molecule has 0 unspecified atom stereocenters. The summed E-state index contributed by atoms with van der Waals surface area (Å²) in [6.45, 7) is 11.0. The van der Waals surface area contributed by atoms with E-state index in [0.29, 0.717) is 5.57 Å². The molecule has 1 aliphatic rings. The van der Waals surface area contributed by atoms with E-state index in [1.807, 2.05) is 33.8 Å². The third-order valence-corrected chi connectivity index (χ3v) is 2.98. The van der Waals surface area contributed by atoms with Crippen LogP contribution in [-0.4, -0.2) is 21.9 Å². The van der Waals surface area contributed by atoms with Gasteiger partial charge < -0.3 is 0 Å². The van der Waals surface area contributed by atoms with Gasteiger partial charge in [-0.05, 0) is 27.7 Å². The Bertz CT molecular complexity index is 314. The first-order valence-electron chi connectivity index (χ1n) is 5.35. The number of ketones is 1. The lowest BCUT2D eigenvalue weighted by atomic mass is 9.88. The van der Waals surface area contributed by atoms with Crippen molar-refractivity contribution in [1.82, 2.24) is 5.06 Å². The second-order valence-corrected chi connectivity index (χ2v) is 5.58. The Hall–Kier alpha value is -0.670. The van der Waals surface area contributed by atoms with Gasteiger partial charge >= 0.3 is 0 Å². The molecule has 0 bridgehead atoms. The molecule has 3 heteroatoms. The average molecular weight is 210 g/mol. The molecule has 1 heterocycles. The van der Waals surface area contributed by atoms with Crippen LogP contribution in [0.5, 0.6) is 0 Å². The van der Waals surface area contributed by atoms with Crippen LogP contribution in [0.4, 0.5) is 0 Å². The van der Waals surface area contributed by atoms with E-state index in [4.69, 9.17) is 0 Å². The van der Waals surface area contributed by atoms with E-state index in [-0.39, 0.29) is 11.7 Å². The first kappa shape index (κ1) is 12.4. The lowest BCUT2D eigenvalue weighted by Gasteiger charge is -2.33. The Kier molecular flexibility index (Phi) is 2.83. The fraction of sp³-hybridized carbons (Fsp3) is 0.750. The minimum atomic E-state index is -0.704. The molecule has 1 rings (SSSR count). The summed E-state index contributed by atoms with van der Waals surface area (Å²) in [4.78, 5) is 12.0. The Morgan fingerprint density at radius 1 is 1.27 bits per heavy atom. The molecule has 0 saturated carbocycles. The van der Waals surface area contributed by atoms with Crippen molar-refractivity contribution in [3.8, 4) is 0 Å². The zero-order valence-electron chi connectivity index (χ0n) is 10.4. The van der Waals surface area contributed by atoms with Crippen molar-refractivity contribution in [3.05, 3.63) is 11.6 Å². The SMILES string of the molecule is CC(C)C(=O)C1=CC(C)(C)N([O])C1(C)C. The molecule has 0 saturated heterocycles. The summed E-state index contributed by atoms with van der Waals surface area (Å²) in [5, 5.41) is 13.0. The van der Waals surface area contributed by atoms with Crippen LogP contribution in [0.15, 0.2) is 11.6 Å². The van der Waals surface area contributed by atoms with Gasteiger partial charge in [-0.15, -0.1) is 10.3 Å². The molecule has 0 aliphatic carbocycles. The first-order valence-corrected chi connectivity index (χ1v) is 5.35. The summed E-state index contributed by atoms with van der Waals surface area (Å²) < 4.78 is 0. The molecule has 1 aliphatic heterocycles. The van der Waals surface area contributed by atoms with Crippen LogP contribution in [0.1, 0.15) is 41.5 Å². The molecule has 0 aromatic carbocycles. The highest BCUT2D eigenvalue weighted by Crippen LogP contribution is 2.39. The van der Waals surface area contributed by atoms with E-state index in [1.54, 1.807) is 13.8 Å². The molecular formula is C12H20NO2. The molecule has 0 aromatic heterocycles. The van der Waals surface area contributed by atoms with Gasteiger partial charge in [0.25, 0.3) is 0 Å².